The van der Waals surface area contributed by atoms with Gasteiger partial charge in [-0.05, 0) is 122 Å². The molecule has 2 nitrogen and oxygen atoms in total. The van der Waals surface area contributed by atoms with Crippen molar-refractivity contribution in [2.24, 2.45) is 56.7 Å². The number of allylic oxidation sites excluding steroid dienone is 1. The third-order valence-corrected chi connectivity index (χ3v) is 13.7. The molecule has 5 fully saturated rings. The van der Waals surface area contributed by atoms with Gasteiger partial charge in [0.15, 0.2) is 0 Å². The molecule has 2 heteroatoms. The molecule has 2 spiro atoms. The quantitative estimate of drug-likeness (QED) is 0.279. The summed E-state index contributed by atoms with van der Waals surface area (Å²) < 4.78 is 6.20. The molecule has 0 aromatic heterocycles. The van der Waals surface area contributed by atoms with Crippen LogP contribution in [0.2, 0.25) is 0 Å². The Bertz CT molecular complexity index is 886. The van der Waals surface area contributed by atoms with Crippen molar-refractivity contribution in [2.75, 3.05) is 0 Å². The Hall–Kier alpha value is -0.790. The van der Waals surface area contributed by atoms with E-state index in [0.29, 0.717) is 27.6 Å². The van der Waals surface area contributed by atoms with Gasteiger partial charge in [-0.3, -0.25) is 4.79 Å². The van der Waals surface area contributed by atoms with Gasteiger partial charge in [-0.15, -0.1) is 0 Å². The van der Waals surface area contributed by atoms with E-state index in [2.05, 4.69) is 55.0 Å². The molecule has 0 heterocycles. The molecule has 5 rings (SSSR count). The van der Waals surface area contributed by atoms with E-state index in [1.54, 1.807) is 6.92 Å². The zero-order valence-electron chi connectivity index (χ0n) is 24.3. The maximum Gasteiger partial charge on any atom is 0.302 e. The number of esters is 1. The zero-order chi connectivity index (χ0) is 25.6. The van der Waals surface area contributed by atoms with Gasteiger partial charge in [0, 0.05) is 12.3 Å². The van der Waals surface area contributed by atoms with E-state index in [4.69, 9.17) is 4.74 Å². The molecule has 0 aromatic carbocycles. The highest BCUT2D eigenvalue weighted by atomic mass is 16.5. The van der Waals surface area contributed by atoms with E-state index >= 15 is 0 Å². The van der Waals surface area contributed by atoms with Gasteiger partial charge in [0.05, 0.1) is 0 Å². The second kappa shape index (κ2) is 8.10. The molecule has 0 amide bonds. The number of carbonyl (C=O) groups excluding carboxylic acids is 1. The predicted molar refractivity (Wildman–Crippen MR) is 145 cm³/mol. The molecule has 35 heavy (non-hydrogen) atoms. The largest absolute Gasteiger partial charge is 0.462 e. The van der Waals surface area contributed by atoms with E-state index in [-0.39, 0.29) is 17.5 Å². The first-order chi connectivity index (χ1) is 16.3. The molecule has 198 valence electrons. The first-order valence-corrected chi connectivity index (χ1v) is 15.1. The van der Waals surface area contributed by atoms with E-state index in [9.17, 15) is 4.79 Å². The lowest BCUT2D eigenvalue weighted by Crippen LogP contribution is -2.58. The number of hydrogen-bond acceptors (Lipinski definition) is 2. The molecule has 5 saturated carbocycles. The van der Waals surface area contributed by atoms with Crippen LogP contribution in [0.25, 0.3) is 0 Å². The maximum atomic E-state index is 12.2. The summed E-state index contributed by atoms with van der Waals surface area (Å²) in [5.74, 6) is 3.68. The first kappa shape index (κ1) is 25.8. The van der Waals surface area contributed by atoms with Gasteiger partial charge in [-0.2, -0.15) is 0 Å². The van der Waals surface area contributed by atoms with Crippen molar-refractivity contribution in [1.82, 2.24) is 0 Å². The van der Waals surface area contributed by atoms with Gasteiger partial charge < -0.3 is 4.74 Å². The van der Waals surface area contributed by atoms with Gasteiger partial charge in [0.1, 0.15) is 6.10 Å². The third-order valence-electron chi connectivity index (χ3n) is 13.7. The van der Waals surface area contributed by atoms with Gasteiger partial charge in [-0.25, -0.2) is 0 Å². The summed E-state index contributed by atoms with van der Waals surface area (Å²) in [4.78, 5) is 12.2. The molecule has 0 aliphatic heterocycles. The smallest absolute Gasteiger partial charge is 0.302 e. The maximum absolute atomic E-state index is 12.2. The SMILES string of the molecule is C=C(CC[C@@H](C)[C@H]1CC[C@@]2(C)[C@@H]3CC[C@H]4C(C)(C)CCC(OC(C)=O)[C@@]45C[C@@]35CC[C@]12C)C(C)C. The Labute approximate surface area is 216 Å². The van der Waals surface area contributed by atoms with Crippen molar-refractivity contribution in [2.45, 2.75) is 132 Å². The van der Waals surface area contributed by atoms with Gasteiger partial charge >= 0.3 is 5.97 Å². The normalized spacial score (nSPS) is 48.3. The van der Waals surface area contributed by atoms with Crippen LogP contribution in [0.4, 0.5) is 0 Å². The fourth-order valence-corrected chi connectivity index (χ4v) is 11.6. The number of rotatable bonds is 6. The molecule has 0 saturated heterocycles. The predicted octanol–water partition coefficient (Wildman–Crippen LogP) is 8.99. The number of hydrogen-bond donors (Lipinski definition) is 0. The van der Waals surface area contributed by atoms with Crippen molar-refractivity contribution in [1.29, 1.82) is 0 Å². The highest BCUT2D eigenvalue weighted by molar-refractivity contribution is 5.66. The minimum absolute atomic E-state index is 0.0587. The molecule has 5 aliphatic rings. The summed E-state index contributed by atoms with van der Waals surface area (Å²) in [6.07, 6.45) is 14.6. The lowest BCUT2D eigenvalue weighted by Gasteiger charge is -2.63. The first-order valence-electron chi connectivity index (χ1n) is 15.1. The number of carbonyl (C=O) groups is 1. The van der Waals surface area contributed by atoms with Gasteiger partial charge in [-0.1, -0.05) is 60.6 Å². The van der Waals surface area contributed by atoms with Crippen molar-refractivity contribution >= 4 is 5.97 Å². The topological polar surface area (TPSA) is 26.3 Å². The third kappa shape index (κ3) is 3.35. The fraction of sp³-hybridized carbons (Fsp3) is 0.909. The van der Waals surface area contributed by atoms with E-state index in [1.807, 2.05) is 0 Å². The molecule has 0 aromatic rings. The van der Waals surface area contributed by atoms with E-state index in [1.165, 1.54) is 69.8 Å². The Kier molecular flexibility index (Phi) is 5.98. The Morgan fingerprint density at radius 3 is 2.26 bits per heavy atom. The van der Waals surface area contributed by atoms with Crippen LogP contribution in [-0.2, 0) is 9.53 Å². The summed E-state index contributed by atoms with van der Waals surface area (Å²) >= 11 is 0. The van der Waals surface area contributed by atoms with E-state index < -0.39 is 0 Å². The standard InChI is InChI=1S/C33H54O2/c1-21(2)22(3)10-11-23(4)25-14-17-31(9)27-13-12-26-29(6,7)16-15-28(35-24(5)34)33(26)20-32(27,33)19-18-30(25,31)8/h21,23,25-28H,3,10-20H2,1-2,4-9H3/t23-,25-,26+,27+,28?,30-,31+,32+,33-/m1/s1. The number of fused-ring (bicyclic) bond motifs is 2. The molecular formula is C33H54O2. The average molecular weight is 483 g/mol. The van der Waals surface area contributed by atoms with Crippen LogP contribution >= 0.6 is 0 Å². The van der Waals surface area contributed by atoms with Crippen molar-refractivity contribution in [3.05, 3.63) is 12.2 Å². The Morgan fingerprint density at radius 2 is 1.60 bits per heavy atom. The molecule has 1 unspecified atom stereocenters. The fourth-order valence-electron chi connectivity index (χ4n) is 11.6. The Morgan fingerprint density at radius 1 is 0.914 bits per heavy atom. The molecular weight excluding hydrogens is 428 g/mol. The number of ether oxygens (including phenoxy) is 1. The van der Waals surface area contributed by atoms with Crippen LogP contribution in [0.5, 0.6) is 0 Å². The minimum atomic E-state index is -0.0587. The molecule has 9 atom stereocenters. The summed E-state index contributed by atoms with van der Waals surface area (Å²) in [6.45, 7) is 23.6. The zero-order valence-corrected chi connectivity index (χ0v) is 24.3. The lowest BCUT2D eigenvalue weighted by atomic mass is 9.41. The summed E-state index contributed by atoms with van der Waals surface area (Å²) in [7, 11) is 0. The second-order valence-corrected chi connectivity index (χ2v) is 15.5. The highest BCUT2D eigenvalue weighted by Crippen LogP contribution is 2.89. The van der Waals surface area contributed by atoms with Crippen LogP contribution < -0.4 is 0 Å². The van der Waals surface area contributed by atoms with Crippen molar-refractivity contribution < 1.29 is 9.53 Å². The molecule has 5 aliphatic carbocycles. The summed E-state index contributed by atoms with van der Waals surface area (Å²) in [5, 5.41) is 0. The minimum Gasteiger partial charge on any atom is -0.462 e. The van der Waals surface area contributed by atoms with Crippen LogP contribution in [0.15, 0.2) is 12.2 Å². The average Bonchev–Trinajstić information content (AvgIpc) is 3.38. The van der Waals surface area contributed by atoms with Crippen LogP contribution in [0.1, 0.15) is 126 Å². The molecule has 0 bridgehead atoms. The van der Waals surface area contributed by atoms with Gasteiger partial charge in [0.2, 0.25) is 0 Å². The summed E-state index contributed by atoms with van der Waals surface area (Å²) in [6, 6.07) is 0. The van der Waals surface area contributed by atoms with Crippen molar-refractivity contribution in [3.8, 4) is 0 Å². The molecule has 0 N–H and O–H groups in total. The van der Waals surface area contributed by atoms with E-state index in [0.717, 1.165) is 30.1 Å². The molecule has 0 radical (unpaired) electrons. The lowest BCUT2D eigenvalue weighted by molar-refractivity contribution is -0.187. The van der Waals surface area contributed by atoms with Crippen LogP contribution in [-0.4, -0.2) is 12.1 Å². The monoisotopic (exact) mass is 482 g/mol. The van der Waals surface area contributed by atoms with Crippen LogP contribution in [0.3, 0.4) is 0 Å². The Balaban J connectivity index is 1.43. The van der Waals surface area contributed by atoms with Crippen LogP contribution in [0, 0.1) is 56.7 Å². The van der Waals surface area contributed by atoms with Gasteiger partial charge in [0.25, 0.3) is 0 Å². The van der Waals surface area contributed by atoms with Crippen molar-refractivity contribution in [3.63, 3.8) is 0 Å². The summed E-state index contributed by atoms with van der Waals surface area (Å²) in [5.41, 5.74) is 3.35. The highest BCUT2D eigenvalue weighted by Gasteiger charge is 2.84. The second-order valence-electron chi connectivity index (χ2n) is 15.5.